The molecule has 0 bridgehead atoms. The van der Waals surface area contributed by atoms with Crippen molar-refractivity contribution in [3.63, 3.8) is 0 Å². The molecule has 0 atom stereocenters. The molecule has 0 aliphatic heterocycles. The van der Waals surface area contributed by atoms with E-state index in [-0.39, 0.29) is 15.8 Å². The third-order valence-corrected chi connectivity index (χ3v) is 4.69. The zero-order valence-electron chi connectivity index (χ0n) is 10.8. The fourth-order valence-corrected chi connectivity index (χ4v) is 3.55. The summed E-state index contributed by atoms with van der Waals surface area (Å²) < 4.78 is 53.7. The van der Waals surface area contributed by atoms with Gasteiger partial charge in [-0.25, -0.2) is 17.2 Å². The normalized spacial score (nSPS) is 11.4. The average Bonchev–Trinajstić information content (AvgIpc) is 2.37. The molecule has 112 valence electrons. The monoisotopic (exact) mass is 376 g/mol. The van der Waals surface area contributed by atoms with E-state index in [9.17, 15) is 17.2 Å². The predicted molar refractivity (Wildman–Crippen MR) is 80.5 cm³/mol. The van der Waals surface area contributed by atoms with Crippen LogP contribution in [0.5, 0.6) is 0 Å². The Morgan fingerprint density at radius 2 is 1.86 bits per heavy atom. The van der Waals surface area contributed by atoms with E-state index in [1.807, 2.05) is 0 Å². The second-order valence-corrected chi connectivity index (χ2v) is 6.88. The number of nitrogens with two attached hydrogens (primary N) is 1. The molecule has 2 aromatic rings. The number of hydrogen-bond donors (Lipinski definition) is 2. The van der Waals surface area contributed by atoms with E-state index in [4.69, 9.17) is 5.73 Å². The van der Waals surface area contributed by atoms with Gasteiger partial charge in [0.25, 0.3) is 10.0 Å². The first-order valence-electron chi connectivity index (χ1n) is 5.74. The number of benzene rings is 2. The topological polar surface area (TPSA) is 72.2 Å². The highest BCUT2D eigenvalue weighted by atomic mass is 79.9. The lowest BCUT2D eigenvalue weighted by molar-refractivity contribution is 0.567. The highest BCUT2D eigenvalue weighted by Gasteiger charge is 2.22. The van der Waals surface area contributed by atoms with Crippen molar-refractivity contribution < 1.29 is 17.2 Å². The van der Waals surface area contributed by atoms with Crippen LogP contribution in [0.2, 0.25) is 0 Å². The van der Waals surface area contributed by atoms with Gasteiger partial charge in [0.1, 0.15) is 10.7 Å². The smallest absolute Gasteiger partial charge is 0.264 e. The van der Waals surface area contributed by atoms with Crippen molar-refractivity contribution in [2.24, 2.45) is 0 Å². The maximum atomic E-state index is 14.0. The van der Waals surface area contributed by atoms with E-state index < -0.39 is 26.6 Å². The Hall–Kier alpha value is -1.67. The van der Waals surface area contributed by atoms with Crippen LogP contribution >= 0.6 is 15.9 Å². The molecule has 0 aromatic heterocycles. The minimum absolute atomic E-state index is 0.0351. The fraction of sp³-hybridized carbons (Fsp3) is 0.0769. The van der Waals surface area contributed by atoms with Gasteiger partial charge >= 0.3 is 0 Å². The maximum Gasteiger partial charge on any atom is 0.264 e. The summed E-state index contributed by atoms with van der Waals surface area (Å²) in [5.41, 5.74) is 6.14. The summed E-state index contributed by atoms with van der Waals surface area (Å²) in [5.74, 6) is -1.57. The lowest BCUT2D eigenvalue weighted by Crippen LogP contribution is -2.16. The largest absolute Gasteiger partial charge is 0.399 e. The van der Waals surface area contributed by atoms with Crippen molar-refractivity contribution in [1.82, 2.24) is 0 Å². The van der Waals surface area contributed by atoms with E-state index in [1.165, 1.54) is 18.2 Å². The van der Waals surface area contributed by atoms with Crippen LogP contribution < -0.4 is 10.5 Å². The van der Waals surface area contributed by atoms with Gasteiger partial charge in [-0.05, 0) is 52.7 Å². The number of hydrogen-bond acceptors (Lipinski definition) is 3. The number of anilines is 2. The number of sulfonamides is 1. The molecular formula is C13H11BrF2N2O2S. The van der Waals surface area contributed by atoms with Crippen molar-refractivity contribution in [2.45, 2.75) is 11.8 Å². The molecule has 0 radical (unpaired) electrons. The fourth-order valence-electron chi connectivity index (χ4n) is 1.68. The first-order valence-corrected chi connectivity index (χ1v) is 8.02. The molecule has 8 heteroatoms. The van der Waals surface area contributed by atoms with Gasteiger partial charge in [0, 0.05) is 5.69 Å². The lowest BCUT2D eigenvalue weighted by atomic mass is 10.2. The molecular weight excluding hydrogens is 366 g/mol. The maximum absolute atomic E-state index is 14.0. The molecule has 0 unspecified atom stereocenters. The number of nitrogen functional groups attached to an aromatic ring is 1. The predicted octanol–water partition coefficient (Wildman–Crippen LogP) is 3.42. The summed E-state index contributed by atoms with van der Waals surface area (Å²) in [6, 6.07) is 5.88. The van der Waals surface area contributed by atoms with Gasteiger partial charge in [0.15, 0.2) is 5.82 Å². The highest BCUT2D eigenvalue weighted by molar-refractivity contribution is 9.10. The molecule has 2 aromatic carbocycles. The van der Waals surface area contributed by atoms with Gasteiger partial charge < -0.3 is 5.73 Å². The molecule has 0 aliphatic rings. The van der Waals surface area contributed by atoms with Crippen molar-refractivity contribution in [1.29, 1.82) is 0 Å². The minimum Gasteiger partial charge on any atom is -0.399 e. The molecule has 0 saturated heterocycles. The number of aryl methyl sites for hydroxylation is 1. The van der Waals surface area contributed by atoms with E-state index >= 15 is 0 Å². The van der Waals surface area contributed by atoms with Crippen LogP contribution in [0.1, 0.15) is 5.56 Å². The third-order valence-electron chi connectivity index (χ3n) is 2.75. The summed E-state index contributed by atoms with van der Waals surface area (Å²) in [6.45, 7) is 1.60. The summed E-state index contributed by atoms with van der Waals surface area (Å²) in [4.78, 5) is -0.613. The van der Waals surface area contributed by atoms with Crippen molar-refractivity contribution in [2.75, 3.05) is 10.5 Å². The molecule has 0 heterocycles. The summed E-state index contributed by atoms with van der Waals surface area (Å²) >= 11 is 2.89. The SMILES string of the molecule is Cc1ccc(F)cc1NS(=O)(=O)c1cc(N)cc(Br)c1F. The van der Waals surface area contributed by atoms with Gasteiger partial charge in [-0.3, -0.25) is 4.72 Å². The van der Waals surface area contributed by atoms with Gasteiger partial charge in [0.2, 0.25) is 0 Å². The quantitative estimate of drug-likeness (QED) is 0.806. The summed E-state index contributed by atoms with van der Waals surface area (Å²) in [5, 5.41) is 0. The van der Waals surface area contributed by atoms with Crippen LogP contribution in [0.25, 0.3) is 0 Å². The molecule has 4 nitrogen and oxygen atoms in total. The first kappa shape index (κ1) is 15.7. The van der Waals surface area contributed by atoms with Crippen molar-refractivity contribution >= 4 is 37.3 Å². The third kappa shape index (κ3) is 3.33. The van der Waals surface area contributed by atoms with Crippen LogP contribution in [-0.4, -0.2) is 8.42 Å². The Morgan fingerprint density at radius 1 is 1.19 bits per heavy atom. The van der Waals surface area contributed by atoms with Gasteiger partial charge in [-0.2, -0.15) is 0 Å². The Balaban J connectivity index is 2.51. The molecule has 0 fully saturated rings. The van der Waals surface area contributed by atoms with Crippen LogP contribution in [0.3, 0.4) is 0 Å². The van der Waals surface area contributed by atoms with Crippen LogP contribution in [0, 0.1) is 18.6 Å². The molecule has 0 aliphatic carbocycles. The Bertz CT molecular complexity index is 810. The highest BCUT2D eigenvalue weighted by Crippen LogP contribution is 2.28. The molecule has 0 saturated carbocycles. The minimum atomic E-state index is -4.23. The Kier molecular flexibility index (Phi) is 4.20. The van der Waals surface area contributed by atoms with E-state index in [2.05, 4.69) is 20.7 Å². The lowest BCUT2D eigenvalue weighted by Gasteiger charge is -2.12. The van der Waals surface area contributed by atoms with Gasteiger partial charge in [-0.1, -0.05) is 6.07 Å². The number of nitrogens with one attached hydrogen (secondary N) is 1. The van der Waals surface area contributed by atoms with Crippen LogP contribution in [0.4, 0.5) is 20.2 Å². The number of halogens is 3. The molecule has 0 spiro atoms. The number of rotatable bonds is 3. The van der Waals surface area contributed by atoms with Gasteiger partial charge in [-0.15, -0.1) is 0 Å². The second-order valence-electron chi connectivity index (χ2n) is 4.38. The Labute approximate surface area is 129 Å². The standard InChI is InChI=1S/C13H11BrF2N2O2S/c1-7-2-3-8(15)4-11(7)18-21(19,20)12-6-9(17)5-10(14)13(12)16/h2-6,18H,17H2,1H3. The average molecular weight is 377 g/mol. The molecule has 2 rings (SSSR count). The second kappa shape index (κ2) is 5.61. The zero-order valence-corrected chi connectivity index (χ0v) is 13.2. The first-order chi connectivity index (χ1) is 9.70. The van der Waals surface area contributed by atoms with E-state index in [0.717, 1.165) is 12.1 Å². The molecule has 21 heavy (non-hydrogen) atoms. The summed E-state index contributed by atoms with van der Waals surface area (Å²) in [6.07, 6.45) is 0. The zero-order chi connectivity index (χ0) is 15.8. The van der Waals surface area contributed by atoms with Gasteiger partial charge in [0.05, 0.1) is 10.2 Å². The Morgan fingerprint density at radius 3 is 2.52 bits per heavy atom. The van der Waals surface area contributed by atoms with E-state index in [1.54, 1.807) is 6.92 Å². The van der Waals surface area contributed by atoms with Crippen LogP contribution in [0.15, 0.2) is 39.7 Å². The van der Waals surface area contributed by atoms with Crippen molar-refractivity contribution in [3.8, 4) is 0 Å². The summed E-state index contributed by atoms with van der Waals surface area (Å²) in [7, 11) is -4.23. The van der Waals surface area contributed by atoms with Crippen molar-refractivity contribution in [3.05, 3.63) is 52.0 Å². The molecule has 3 N–H and O–H groups in total. The van der Waals surface area contributed by atoms with Crippen LogP contribution in [-0.2, 0) is 10.0 Å². The van der Waals surface area contributed by atoms with E-state index in [0.29, 0.717) is 5.56 Å². The molecule has 0 amide bonds.